The van der Waals surface area contributed by atoms with E-state index in [1.807, 2.05) is 0 Å². The van der Waals surface area contributed by atoms with Crippen molar-refractivity contribution in [2.24, 2.45) is 5.92 Å². The predicted octanol–water partition coefficient (Wildman–Crippen LogP) is 3.54. The summed E-state index contributed by atoms with van der Waals surface area (Å²) >= 11 is 5.61. The monoisotopic (exact) mass is 266 g/mol. The van der Waals surface area contributed by atoms with Crippen LogP contribution in [0.25, 0.3) is 0 Å². The van der Waals surface area contributed by atoms with Gasteiger partial charge in [0.1, 0.15) is 0 Å². The van der Waals surface area contributed by atoms with Crippen molar-refractivity contribution >= 4 is 17.6 Å². The third kappa shape index (κ3) is 4.65. The largest absolute Gasteiger partial charge is 0.481 e. The van der Waals surface area contributed by atoms with E-state index >= 15 is 0 Å². The van der Waals surface area contributed by atoms with E-state index in [1.54, 1.807) is 0 Å². The van der Waals surface area contributed by atoms with Gasteiger partial charge in [-0.25, -0.2) is 0 Å². The zero-order chi connectivity index (χ0) is 13.1. The molecule has 0 fully saturated rings. The van der Waals surface area contributed by atoms with Crippen LogP contribution in [0, 0.1) is 5.92 Å². The fourth-order valence-electron chi connectivity index (χ4n) is 1.42. The van der Waals surface area contributed by atoms with Gasteiger partial charge in [-0.3, -0.25) is 4.79 Å². The molecule has 0 radical (unpaired) electrons. The molecule has 1 aromatic rings. The maximum absolute atomic E-state index is 12.6. The second-order valence-corrected chi connectivity index (χ2v) is 4.10. The van der Waals surface area contributed by atoms with Crippen molar-refractivity contribution in [3.05, 3.63) is 34.9 Å². The molecule has 0 amide bonds. The quantitative estimate of drug-likeness (QED) is 0.905. The van der Waals surface area contributed by atoms with Crippen molar-refractivity contribution in [1.82, 2.24) is 0 Å². The van der Waals surface area contributed by atoms with Crippen LogP contribution in [-0.4, -0.2) is 17.3 Å². The summed E-state index contributed by atoms with van der Waals surface area (Å²) in [5.74, 6) is -3.33. The summed E-state index contributed by atoms with van der Waals surface area (Å²) in [4.78, 5) is 10.4. The molecule has 0 saturated heterocycles. The Balaban J connectivity index is 2.79. The number of carboxylic acids is 1. The maximum Gasteiger partial charge on any atom is 0.392 e. The smallest absolute Gasteiger partial charge is 0.392 e. The zero-order valence-electron chi connectivity index (χ0n) is 8.67. The number of hydrogen-bond acceptors (Lipinski definition) is 1. The molecule has 1 N–H and O–H groups in total. The number of rotatable bonds is 4. The van der Waals surface area contributed by atoms with Gasteiger partial charge in [-0.2, -0.15) is 13.2 Å². The molecule has 1 rings (SSSR count). The minimum Gasteiger partial charge on any atom is -0.481 e. The van der Waals surface area contributed by atoms with Crippen LogP contribution in [0.15, 0.2) is 24.3 Å². The molecule has 6 heteroatoms. The molecule has 1 aromatic carbocycles. The van der Waals surface area contributed by atoms with Crippen LogP contribution < -0.4 is 0 Å². The van der Waals surface area contributed by atoms with Crippen LogP contribution in [0.2, 0.25) is 5.02 Å². The van der Waals surface area contributed by atoms with E-state index in [0.717, 1.165) is 0 Å². The first-order valence-electron chi connectivity index (χ1n) is 4.82. The van der Waals surface area contributed by atoms with Gasteiger partial charge in [0, 0.05) is 5.02 Å². The molecule has 0 saturated carbocycles. The van der Waals surface area contributed by atoms with E-state index < -0.39 is 24.5 Å². The molecule has 0 aromatic heterocycles. The Bertz CT molecular complexity index is 387. The Labute approximate surface area is 101 Å². The summed E-state index contributed by atoms with van der Waals surface area (Å²) < 4.78 is 37.7. The summed E-state index contributed by atoms with van der Waals surface area (Å²) in [6.45, 7) is 0. The molecule has 0 aliphatic carbocycles. The lowest BCUT2D eigenvalue weighted by atomic mass is 9.96. The van der Waals surface area contributed by atoms with Crippen LogP contribution in [-0.2, 0) is 11.2 Å². The molecule has 1 atom stereocenters. The van der Waals surface area contributed by atoms with Crippen LogP contribution in [0.5, 0.6) is 0 Å². The Kier molecular flexibility index (Phi) is 4.40. The normalized spacial score (nSPS) is 13.4. The molecule has 0 aliphatic rings. The Morgan fingerprint density at radius 1 is 1.29 bits per heavy atom. The van der Waals surface area contributed by atoms with E-state index in [0.29, 0.717) is 10.6 Å². The number of hydrogen-bond donors (Lipinski definition) is 1. The fourth-order valence-corrected chi connectivity index (χ4v) is 1.55. The van der Waals surface area contributed by atoms with Crippen molar-refractivity contribution in [2.45, 2.75) is 19.0 Å². The first-order chi connectivity index (χ1) is 7.79. The molecular formula is C11H10ClF3O2. The van der Waals surface area contributed by atoms with Gasteiger partial charge in [0.25, 0.3) is 0 Å². The van der Waals surface area contributed by atoms with Gasteiger partial charge in [0.05, 0.1) is 12.3 Å². The van der Waals surface area contributed by atoms with Crippen LogP contribution in [0.1, 0.15) is 12.0 Å². The highest BCUT2D eigenvalue weighted by Crippen LogP contribution is 2.31. The molecule has 0 spiro atoms. The van der Waals surface area contributed by atoms with Gasteiger partial charge >= 0.3 is 12.1 Å². The second-order valence-electron chi connectivity index (χ2n) is 3.67. The Hall–Kier alpha value is -1.23. The molecule has 0 aliphatic heterocycles. The lowest BCUT2D eigenvalue weighted by molar-refractivity contribution is -0.182. The van der Waals surface area contributed by atoms with Gasteiger partial charge in [0.2, 0.25) is 0 Å². The average molecular weight is 267 g/mol. The Morgan fingerprint density at radius 2 is 1.82 bits per heavy atom. The number of alkyl halides is 3. The van der Waals surface area contributed by atoms with E-state index in [2.05, 4.69) is 0 Å². The fraction of sp³-hybridized carbons (Fsp3) is 0.364. The summed E-state index contributed by atoms with van der Waals surface area (Å²) in [6.07, 6.45) is -5.79. The first kappa shape index (κ1) is 13.8. The number of halogens is 4. The van der Waals surface area contributed by atoms with Gasteiger partial charge < -0.3 is 5.11 Å². The van der Waals surface area contributed by atoms with Gasteiger partial charge in [-0.1, -0.05) is 23.7 Å². The maximum atomic E-state index is 12.6. The van der Waals surface area contributed by atoms with Crippen molar-refractivity contribution in [3.8, 4) is 0 Å². The van der Waals surface area contributed by atoms with E-state index in [-0.39, 0.29) is 6.42 Å². The molecule has 0 bridgehead atoms. The number of aliphatic carboxylic acids is 1. The lowest BCUT2D eigenvalue weighted by Crippen LogP contribution is -2.27. The molecular weight excluding hydrogens is 257 g/mol. The van der Waals surface area contributed by atoms with Gasteiger partial charge in [-0.05, 0) is 24.1 Å². The van der Waals surface area contributed by atoms with E-state index in [4.69, 9.17) is 16.7 Å². The van der Waals surface area contributed by atoms with Crippen molar-refractivity contribution < 1.29 is 23.1 Å². The highest BCUT2D eigenvalue weighted by Gasteiger charge is 2.40. The molecule has 0 heterocycles. The van der Waals surface area contributed by atoms with Crippen LogP contribution >= 0.6 is 11.6 Å². The topological polar surface area (TPSA) is 37.3 Å². The predicted molar refractivity (Wildman–Crippen MR) is 57.0 cm³/mol. The summed E-state index contributed by atoms with van der Waals surface area (Å²) in [6, 6.07) is 5.88. The average Bonchev–Trinajstić information content (AvgIpc) is 2.18. The second kappa shape index (κ2) is 5.40. The molecule has 1 unspecified atom stereocenters. The van der Waals surface area contributed by atoms with E-state index in [1.165, 1.54) is 24.3 Å². The number of carboxylic acid groups (broad SMARTS) is 1. The molecule has 17 heavy (non-hydrogen) atoms. The lowest BCUT2D eigenvalue weighted by Gasteiger charge is -2.18. The number of carbonyl (C=O) groups is 1. The highest BCUT2D eigenvalue weighted by atomic mass is 35.5. The minimum atomic E-state index is -4.52. The first-order valence-corrected chi connectivity index (χ1v) is 5.20. The molecule has 94 valence electrons. The third-order valence-corrected chi connectivity index (χ3v) is 2.53. The van der Waals surface area contributed by atoms with Crippen molar-refractivity contribution in [3.63, 3.8) is 0 Å². The Morgan fingerprint density at radius 3 is 2.24 bits per heavy atom. The summed E-state index contributed by atoms with van der Waals surface area (Å²) in [7, 11) is 0. The van der Waals surface area contributed by atoms with Gasteiger partial charge in [-0.15, -0.1) is 0 Å². The molecule has 2 nitrogen and oxygen atoms in total. The van der Waals surface area contributed by atoms with E-state index in [9.17, 15) is 18.0 Å². The SMILES string of the molecule is O=C(O)CC(Cc1ccc(Cl)cc1)C(F)(F)F. The van der Waals surface area contributed by atoms with Crippen LogP contribution in [0.3, 0.4) is 0 Å². The summed E-state index contributed by atoms with van der Waals surface area (Å²) in [5, 5.41) is 8.87. The summed E-state index contributed by atoms with van der Waals surface area (Å²) in [5.41, 5.74) is 0.415. The number of benzene rings is 1. The van der Waals surface area contributed by atoms with Gasteiger partial charge in [0.15, 0.2) is 0 Å². The van der Waals surface area contributed by atoms with Crippen molar-refractivity contribution in [1.29, 1.82) is 0 Å². The van der Waals surface area contributed by atoms with Crippen LogP contribution in [0.4, 0.5) is 13.2 Å². The van der Waals surface area contributed by atoms with Crippen molar-refractivity contribution in [2.75, 3.05) is 0 Å². The zero-order valence-corrected chi connectivity index (χ0v) is 9.42. The standard InChI is InChI=1S/C11H10ClF3O2/c12-9-3-1-7(2-4-9)5-8(6-10(16)17)11(13,14)15/h1-4,8H,5-6H2,(H,16,17). The minimum absolute atomic E-state index is 0.354. The third-order valence-electron chi connectivity index (χ3n) is 2.28. The highest BCUT2D eigenvalue weighted by molar-refractivity contribution is 6.30.